The molecule has 0 saturated carbocycles. The van der Waals surface area contributed by atoms with E-state index in [1.165, 1.54) is 36.4 Å². The molecule has 8 nitrogen and oxygen atoms in total. The predicted molar refractivity (Wildman–Crippen MR) is 163 cm³/mol. The normalized spacial score (nSPS) is 13.0. The summed E-state index contributed by atoms with van der Waals surface area (Å²) in [5.41, 5.74) is 3.17. The first kappa shape index (κ1) is 30.1. The van der Waals surface area contributed by atoms with Crippen LogP contribution in [0.5, 0.6) is 11.5 Å². The molecule has 48 heavy (non-hydrogen) atoms. The zero-order valence-electron chi connectivity index (χ0n) is 23.9. The van der Waals surface area contributed by atoms with Crippen LogP contribution < -0.4 is 20.2 Å². The lowest BCUT2D eigenvalue weighted by molar-refractivity contribution is -0.275. The summed E-state index contributed by atoms with van der Waals surface area (Å²) >= 11 is 0. The molecule has 7 aromatic rings. The highest BCUT2D eigenvalue weighted by atomic mass is 19.4. The lowest BCUT2D eigenvalue weighted by atomic mass is 10.0. The second kappa shape index (κ2) is 11.1. The van der Waals surface area contributed by atoms with Crippen molar-refractivity contribution in [2.24, 2.45) is 10.2 Å². The van der Waals surface area contributed by atoms with Gasteiger partial charge in [0.1, 0.15) is 22.5 Å². The van der Waals surface area contributed by atoms with Crippen molar-refractivity contribution in [2.75, 3.05) is 0 Å². The molecule has 0 aliphatic carbocycles. The number of hydrogen-bond acceptors (Lipinski definition) is 6. The van der Waals surface area contributed by atoms with Gasteiger partial charge in [-0.1, -0.05) is 48.5 Å². The van der Waals surface area contributed by atoms with E-state index < -0.39 is 24.2 Å². The number of rotatable bonds is 4. The van der Waals surface area contributed by atoms with Crippen molar-refractivity contribution in [3.8, 4) is 33.8 Å². The number of halogens is 6. The molecule has 1 aromatic heterocycles. The van der Waals surface area contributed by atoms with E-state index in [0.717, 1.165) is 0 Å². The van der Waals surface area contributed by atoms with Gasteiger partial charge in [-0.25, -0.2) is 9.97 Å². The minimum atomic E-state index is -4.86. The first-order valence-electron chi connectivity index (χ1n) is 13.8. The molecule has 7 rings (SSSR count). The van der Waals surface area contributed by atoms with Gasteiger partial charge in [-0.2, -0.15) is 13.1 Å². The third kappa shape index (κ3) is 5.45. The highest BCUT2D eigenvalue weighted by molar-refractivity contribution is 6.15. The Bertz CT molecular complexity index is 2460. The summed E-state index contributed by atoms with van der Waals surface area (Å²) in [5, 5.41) is 10.4. The molecule has 0 aliphatic rings. The summed E-state index contributed by atoms with van der Waals surface area (Å²) in [6.45, 7) is 14.9. The second-order valence-corrected chi connectivity index (χ2v) is 10.4. The van der Waals surface area contributed by atoms with Gasteiger partial charge in [0.25, 0.3) is 0 Å². The summed E-state index contributed by atoms with van der Waals surface area (Å²) in [4.78, 5) is 16.1. The number of benzene rings is 4. The summed E-state index contributed by atoms with van der Waals surface area (Å²) in [5.74, 6) is -0.788. The lowest BCUT2D eigenvalue weighted by Crippen LogP contribution is -2.17. The molecule has 0 bridgehead atoms. The Morgan fingerprint density at radius 3 is 1.27 bits per heavy atom. The maximum atomic E-state index is 12.8. The number of hydrogen-bond donors (Lipinski definition) is 0. The molecule has 1 heterocycles. The van der Waals surface area contributed by atoms with Crippen molar-refractivity contribution in [1.82, 2.24) is 9.97 Å². The second-order valence-electron chi connectivity index (χ2n) is 10.4. The first-order chi connectivity index (χ1) is 22.9. The summed E-state index contributed by atoms with van der Waals surface area (Å²) in [6, 6.07) is 21.0. The molecule has 0 atom stereocenters. The maximum absolute atomic E-state index is 12.8. The third-order valence-electron chi connectivity index (χ3n) is 7.51. The smallest absolute Gasteiger partial charge is 0.406 e. The highest BCUT2D eigenvalue weighted by Gasteiger charge is 2.32. The van der Waals surface area contributed by atoms with E-state index >= 15 is 0 Å². The molecule has 0 amide bonds. The van der Waals surface area contributed by atoms with Crippen LogP contribution in [0, 0.1) is 13.1 Å². The van der Waals surface area contributed by atoms with Crippen LogP contribution in [-0.4, -0.2) is 22.7 Å². The van der Waals surface area contributed by atoms with Gasteiger partial charge in [-0.3, -0.25) is 0 Å². The summed E-state index contributed by atoms with van der Waals surface area (Å²) in [7, 11) is 0. The summed E-state index contributed by atoms with van der Waals surface area (Å²) in [6.07, 6.45) is -9.73. The van der Waals surface area contributed by atoms with Crippen LogP contribution in [0.15, 0.2) is 95.1 Å². The molecule has 0 spiro atoms. The van der Waals surface area contributed by atoms with E-state index in [9.17, 15) is 26.3 Å². The Labute approximate surface area is 264 Å². The average molecular weight is 653 g/mol. The molecular weight excluding hydrogens is 638 g/mol. The van der Waals surface area contributed by atoms with Crippen molar-refractivity contribution in [3.63, 3.8) is 0 Å². The van der Waals surface area contributed by atoms with Gasteiger partial charge >= 0.3 is 12.7 Å². The Morgan fingerprint density at radius 2 is 0.896 bits per heavy atom. The fourth-order valence-electron chi connectivity index (χ4n) is 5.70. The molecule has 0 saturated heterocycles. The number of fused-ring (bicyclic) bond motifs is 6. The fraction of sp³-hybridized carbons (Fsp3) is 0.0588. The standard InChI is InChI=1S/C34H14F6N6O2/c1-41-45-29-25-15-19(17-5-3-7-21(13-17)47-33(35,36)37)9-11-23(25)27-31(29)43-28-24-12-10-20(16-26(24)30(46-42-2)32(28)44-27)18-6-4-8-22(14-18)48-34(38,39)40/h3-16H/b45-29-,46-30+. The molecule has 0 fully saturated rings. The van der Waals surface area contributed by atoms with Crippen LogP contribution in [0.3, 0.4) is 0 Å². The molecule has 6 aromatic carbocycles. The maximum Gasteiger partial charge on any atom is 0.573 e. The zero-order valence-corrected chi connectivity index (χ0v) is 23.9. The number of nitrogens with zero attached hydrogens (tertiary/aromatic N) is 6. The van der Waals surface area contributed by atoms with Gasteiger partial charge in [0, 0.05) is 21.5 Å². The number of alkyl halides is 6. The van der Waals surface area contributed by atoms with E-state index in [-0.39, 0.29) is 21.7 Å². The third-order valence-corrected chi connectivity index (χ3v) is 7.51. The summed E-state index contributed by atoms with van der Waals surface area (Å²) < 4.78 is 85.1. The topological polar surface area (TPSA) is 77.7 Å². The minimum Gasteiger partial charge on any atom is -0.406 e. The van der Waals surface area contributed by atoms with E-state index in [1.54, 1.807) is 48.5 Å². The van der Waals surface area contributed by atoms with Crippen LogP contribution in [0.25, 0.3) is 75.8 Å². The number of aromatic nitrogens is 2. The molecule has 0 unspecified atom stereocenters. The van der Waals surface area contributed by atoms with E-state index in [0.29, 0.717) is 54.8 Å². The van der Waals surface area contributed by atoms with Gasteiger partial charge in [0.05, 0.1) is 21.2 Å². The fourth-order valence-corrected chi connectivity index (χ4v) is 5.70. The van der Waals surface area contributed by atoms with Crippen molar-refractivity contribution >= 4 is 43.6 Å². The van der Waals surface area contributed by atoms with Gasteiger partial charge in [0.2, 0.25) is 0 Å². The average Bonchev–Trinajstić information content (AvgIpc) is 3.50. The largest absolute Gasteiger partial charge is 0.573 e. The zero-order chi connectivity index (χ0) is 33.8. The van der Waals surface area contributed by atoms with Crippen molar-refractivity contribution in [1.29, 1.82) is 0 Å². The Balaban J connectivity index is 1.43. The predicted octanol–water partition coefficient (Wildman–Crippen LogP) is 8.57. The molecule has 0 aliphatic heterocycles. The van der Waals surface area contributed by atoms with Crippen LogP contribution in [0.1, 0.15) is 0 Å². The van der Waals surface area contributed by atoms with Gasteiger partial charge < -0.3 is 9.47 Å². The van der Waals surface area contributed by atoms with Crippen LogP contribution >= 0.6 is 0 Å². The Kier molecular flexibility index (Phi) is 6.95. The SMILES string of the molecule is [C-]#[N+]/N=c1/c2cc(-c3cccc(OC(F)(F)F)c3)ccc2c2nc3/c(=N/[N+]#[C-])c4cc(-c5cccc(OC(F)(F)F)c5)ccc4c3nc12. The highest BCUT2D eigenvalue weighted by Crippen LogP contribution is 2.34. The molecular formula is C34H14F6N6O2. The Morgan fingerprint density at radius 1 is 0.500 bits per heavy atom. The monoisotopic (exact) mass is 652 g/mol. The van der Waals surface area contributed by atoms with Gasteiger partial charge in [-0.15, -0.1) is 36.3 Å². The number of ether oxygens (including phenoxy) is 2. The quantitative estimate of drug-likeness (QED) is 0.108. The van der Waals surface area contributed by atoms with Crippen LogP contribution in [0.2, 0.25) is 0 Å². The van der Waals surface area contributed by atoms with Crippen LogP contribution in [-0.2, 0) is 0 Å². The molecule has 0 N–H and O–H groups in total. The van der Waals surface area contributed by atoms with E-state index in [1.807, 2.05) is 0 Å². The lowest BCUT2D eigenvalue weighted by Gasteiger charge is -2.10. The molecule has 0 radical (unpaired) electrons. The van der Waals surface area contributed by atoms with E-state index in [2.05, 4.69) is 29.6 Å². The van der Waals surface area contributed by atoms with Gasteiger partial charge in [-0.05, 0) is 58.7 Å². The van der Waals surface area contributed by atoms with Crippen molar-refractivity contribution in [3.05, 3.63) is 119 Å². The van der Waals surface area contributed by atoms with Crippen molar-refractivity contribution in [2.45, 2.75) is 12.7 Å². The molecule has 14 heteroatoms. The Hall–Kier alpha value is -6.54. The first-order valence-corrected chi connectivity index (χ1v) is 13.8. The van der Waals surface area contributed by atoms with Crippen molar-refractivity contribution < 1.29 is 35.8 Å². The van der Waals surface area contributed by atoms with Gasteiger partial charge in [0.15, 0.2) is 10.7 Å². The molecule has 234 valence electrons. The van der Waals surface area contributed by atoms with E-state index in [4.69, 9.17) is 23.1 Å². The van der Waals surface area contributed by atoms with Crippen LogP contribution in [0.4, 0.5) is 26.3 Å². The minimum absolute atomic E-state index is 0.199.